The molecule has 4 unspecified atom stereocenters. The van der Waals surface area contributed by atoms with Crippen LogP contribution in [0.1, 0.15) is 44.5 Å². The first kappa shape index (κ1) is 15.0. The zero-order chi connectivity index (χ0) is 15.3. The van der Waals surface area contributed by atoms with E-state index >= 15 is 0 Å². The number of fused-ring (bicyclic) bond motifs is 1. The predicted octanol–water partition coefficient (Wildman–Crippen LogP) is 2.46. The number of nitrogens with two attached hydrogens (primary N) is 1. The number of rotatable bonds is 4. The van der Waals surface area contributed by atoms with E-state index in [0.29, 0.717) is 6.61 Å². The smallest absolute Gasteiger partial charge is 0.241 e. The summed E-state index contributed by atoms with van der Waals surface area (Å²) in [5, 5.41) is 5.21. The van der Waals surface area contributed by atoms with Crippen molar-refractivity contribution in [2.24, 2.45) is 17.1 Å². The van der Waals surface area contributed by atoms with Gasteiger partial charge in [-0.3, -0.25) is 4.79 Å². The Kier molecular flexibility index (Phi) is 3.62. The Morgan fingerprint density at radius 2 is 2.38 bits per heavy atom. The monoisotopic (exact) mass is 308 g/mol. The molecule has 1 aromatic heterocycles. The number of hydrogen-bond donors (Lipinski definition) is 2. The first-order valence-corrected chi connectivity index (χ1v) is 8.55. The molecular formula is C16H24N2O2S. The molecule has 3 N–H and O–H groups in total. The molecule has 1 amide bonds. The summed E-state index contributed by atoms with van der Waals surface area (Å²) in [4.78, 5) is 14.1. The first-order chi connectivity index (χ1) is 9.92. The molecule has 4 nitrogen and oxygen atoms in total. The number of nitrogens with one attached hydrogen (secondary N) is 1. The minimum Gasteiger partial charge on any atom is -0.377 e. The number of hydrogen-bond acceptors (Lipinski definition) is 4. The van der Waals surface area contributed by atoms with Crippen LogP contribution in [0.25, 0.3) is 0 Å². The summed E-state index contributed by atoms with van der Waals surface area (Å²) in [5.74, 6) is 0.118. The molecule has 116 valence electrons. The highest BCUT2D eigenvalue weighted by atomic mass is 32.1. The molecule has 4 atom stereocenters. The number of amides is 1. The molecule has 2 aliphatic rings. The standard InChI is InChI=1S/C16H24N2O2S/c1-4-11(12-6-5-9-21-12)18-14(19)16(17)10-7-8-20-13(10)15(16,2)3/h5-6,9-11,13H,4,7-8,17H2,1-3H3,(H,18,19). The van der Waals surface area contributed by atoms with Gasteiger partial charge in [-0.05, 0) is 24.3 Å². The van der Waals surface area contributed by atoms with Gasteiger partial charge in [-0.25, -0.2) is 0 Å². The molecule has 0 aromatic carbocycles. The van der Waals surface area contributed by atoms with E-state index in [1.807, 2.05) is 25.3 Å². The molecule has 1 saturated heterocycles. The largest absolute Gasteiger partial charge is 0.377 e. The molecule has 2 heterocycles. The first-order valence-electron chi connectivity index (χ1n) is 7.67. The second kappa shape index (κ2) is 5.07. The fourth-order valence-electron chi connectivity index (χ4n) is 3.99. The van der Waals surface area contributed by atoms with Gasteiger partial charge in [-0.15, -0.1) is 11.3 Å². The lowest BCUT2D eigenvalue weighted by molar-refractivity contribution is -0.176. The van der Waals surface area contributed by atoms with Gasteiger partial charge in [-0.2, -0.15) is 0 Å². The summed E-state index contributed by atoms with van der Waals surface area (Å²) in [6.45, 7) is 6.89. The Bertz CT molecular complexity index is 528. The predicted molar refractivity (Wildman–Crippen MR) is 84.0 cm³/mol. The third-order valence-corrected chi connectivity index (χ3v) is 6.42. The number of thiophene rings is 1. The van der Waals surface area contributed by atoms with Crippen molar-refractivity contribution < 1.29 is 9.53 Å². The summed E-state index contributed by atoms with van der Waals surface area (Å²) in [6, 6.07) is 4.13. The molecule has 1 aliphatic heterocycles. The van der Waals surface area contributed by atoms with Gasteiger partial charge in [0.15, 0.2) is 0 Å². The normalized spacial score (nSPS) is 34.9. The van der Waals surface area contributed by atoms with E-state index in [2.05, 4.69) is 18.3 Å². The van der Waals surface area contributed by atoms with Gasteiger partial charge in [0, 0.05) is 22.8 Å². The van der Waals surface area contributed by atoms with Crippen molar-refractivity contribution in [2.75, 3.05) is 6.61 Å². The Morgan fingerprint density at radius 3 is 3.00 bits per heavy atom. The maximum atomic E-state index is 12.9. The van der Waals surface area contributed by atoms with E-state index in [1.54, 1.807) is 11.3 Å². The van der Waals surface area contributed by atoms with Crippen molar-refractivity contribution in [3.05, 3.63) is 22.4 Å². The number of carbonyl (C=O) groups is 1. The SMILES string of the molecule is CCC(NC(=O)C1(N)C2CCOC2C1(C)C)c1cccs1. The summed E-state index contributed by atoms with van der Waals surface area (Å²) in [5.41, 5.74) is 5.44. The molecule has 2 fully saturated rings. The van der Waals surface area contributed by atoms with Gasteiger partial charge >= 0.3 is 0 Å². The van der Waals surface area contributed by atoms with Crippen molar-refractivity contribution >= 4 is 17.2 Å². The van der Waals surface area contributed by atoms with Gasteiger partial charge in [0.2, 0.25) is 5.91 Å². The fraction of sp³-hybridized carbons (Fsp3) is 0.688. The average Bonchev–Trinajstić information content (AvgIpc) is 3.13. The topological polar surface area (TPSA) is 64.4 Å². The molecule has 1 aromatic rings. The minimum absolute atomic E-state index is 0.0282. The molecule has 0 radical (unpaired) electrons. The molecule has 0 bridgehead atoms. The third-order valence-electron chi connectivity index (χ3n) is 5.43. The highest BCUT2D eigenvalue weighted by Crippen LogP contribution is 2.58. The Labute approximate surface area is 130 Å². The maximum Gasteiger partial charge on any atom is 0.241 e. The van der Waals surface area contributed by atoms with Crippen LogP contribution in [0.15, 0.2) is 17.5 Å². The van der Waals surface area contributed by atoms with Gasteiger partial charge in [0.05, 0.1) is 12.1 Å². The Hall–Kier alpha value is -0.910. The lowest BCUT2D eigenvalue weighted by Gasteiger charge is -2.60. The van der Waals surface area contributed by atoms with E-state index in [0.717, 1.165) is 12.8 Å². The number of ether oxygens (including phenoxy) is 1. The third kappa shape index (κ3) is 1.98. The van der Waals surface area contributed by atoms with Crippen LogP contribution in [-0.2, 0) is 9.53 Å². The molecule has 3 rings (SSSR count). The van der Waals surface area contributed by atoms with Gasteiger partial charge in [0.25, 0.3) is 0 Å². The van der Waals surface area contributed by atoms with E-state index in [1.165, 1.54) is 4.88 Å². The lowest BCUT2D eigenvalue weighted by atomic mass is 9.48. The van der Waals surface area contributed by atoms with Crippen LogP contribution in [-0.4, -0.2) is 24.2 Å². The average molecular weight is 308 g/mol. The summed E-state index contributed by atoms with van der Waals surface area (Å²) in [6.07, 6.45) is 1.87. The van der Waals surface area contributed by atoms with Crippen LogP contribution in [0.2, 0.25) is 0 Å². The highest BCUT2D eigenvalue weighted by molar-refractivity contribution is 7.10. The summed E-state index contributed by atoms with van der Waals surface area (Å²) < 4.78 is 5.76. The van der Waals surface area contributed by atoms with Crippen LogP contribution in [0.5, 0.6) is 0 Å². The summed E-state index contributed by atoms with van der Waals surface area (Å²) >= 11 is 1.67. The second-order valence-electron chi connectivity index (χ2n) is 6.73. The molecule has 1 aliphatic carbocycles. The van der Waals surface area contributed by atoms with E-state index in [-0.39, 0.29) is 29.4 Å². The zero-order valence-corrected chi connectivity index (χ0v) is 13.7. The van der Waals surface area contributed by atoms with Gasteiger partial charge in [0.1, 0.15) is 5.54 Å². The van der Waals surface area contributed by atoms with Gasteiger partial charge in [-0.1, -0.05) is 26.8 Å². The van der Waals surface area contributed by atoms with Gasteiger partial charge < -0.3 is 15.8 Å². The molecule has 1 saturated carbocycles. The van der Waals surface area contributed by atoms with Crippen molar-refractivity contribution in [2.45, 2.75) is 51.3 Å². The molecule has 5 heteroatoms. The Morgan fingerprint density at radius 1 is 1.62 bits per heavy atom. The van der Waals surface area contributed by atoms with Crippen molar-refractivity contribution in [3.63, 3.8) is 0 Å². The lowest BCUT2D eigenvalue weighted by Crippen LogP contribution is -2.80. The van der Waals surface area contributed by atoms with Crippen LogP contribution in [0.3, 0.4) is 0 Å². The van der Waals surface area contributed by atoms with Crippen molar-refractivity contribution in [3.8, 4) is 0 Å². The second-order valence-corrected chi connectivity index (χ2v) is 7.71. The molecular weight excluding hydrogens is 284 g/mol. The summed E-state index contributed by atoms with van der Waals surface area (Å²) in [7, 11) is 0. The van der Waals surface area contributed by atoms with Crippen molar-refractivity contribution in [1.82, 2.24) is 5.32 Å². The molecule has 0 spiro atoms. The fourth-order valence-corrected chi connectivity index (χ4v) is 4.85. The van der Waals surface area contributed by atoms with E-state index in [9.17, 15) is 4.79 Å². The quantitative estimate of drug-likeness (QED) is 0.898. The highest BCUT2D eigenvalue weighted by Gasteiger charge is 2.71. The Balaban J connectivity index is 1.78. The molecule has 21 heavy (non-hydrogen) atoms. The van der Waals surface area contributed by atoms with Crippen LogP contribution < -0.4 is 11.1 Å². The maximum absolute atomic E-state index is 12.9. The minimum atomic E-state index is -0.821. The number of carbonyl (C=O) groups excluding carboxylic acids is 1. The van der Waals surface area contributed by atoms with E-state index < -0.39 is 5.54 Å². The van der Waals surface area contributed by atoms with Crippen LogP contribution >= 0.6 is 11.3 Å². The van der Waals surface area contributed by atoms with Crippen molar-refractivity contribution in [1.29, 1.82) is 0 Å². The van der Waals surface area contributed by atoms with E-state index in [4.69, 9.17) is 10.5 Å². The van der Waals surface area contributed by atoms with Crippen LogP contribution in [0.4, 0.5) is 0 Å². The zero-order valence-electron chi connectivity index (χ0n) is 12.9. The van der Waals surface area contributed by atoms with Crippen LogP contribution in [0, 0.1) is 11.3 Å².